The summed E-state index contributed by atoms with van der Waals surface area (Å²) in [6, 6.07) is 30.4. The molecule has 2 heteroatoms. The Kier molecular flexibility index (Phi) is 4.21. The van der Waals surface area contributed by atoms with Gasteiger partial charge in [0.15, 0.2) is 0 Å². The predicted octanol–water partition coefficient (Wildman–Crippen LogP) is 4.90. The average molecular weight is 286 g/mol. The number of hydrogen-bond donors (Lipinski definition) is 1. The zero-order valence-electron chi connectivity index (χ0n) is 12.3. The van der Waals surface area contributed by atoms with Gasteiger partial charge in [0, 0.05) is 17.6 Å². The van der Waals surface area contributed by atoms with Crippen molar-refractivity contribution in [3.05, 3.63) is 97.2 Å². The summed E-state index contributed by atoms with van der Waals surface area (Å²) in [4.78, 5) is 0. The topological polar surface area (TPSA) is 30.9 Å². The molecular weight excluding hydrogens is 268 g/mol. The lowest BCUT2D eigenvalue weighted by Gasteiger charge is -2.04. The first-order valence-corrected chi connectivity index (χ1v) is 7.26. The van der Waals surface area contributed by atoms with Crippen LogP contribution in [0.15, 0.2) is 97.2 Å². The molecule has 22 heavy (non-hydrogen) atoms. The second-order valence-corrected chi connectivity index (χ2v) is 4.99. The quantitative estimate of drug-likeness (QED) is 0.496. The van der Waals surface area contributed by atoms with E-state index in [4.69, 9.17) is 5.73 Å². The van der Waals surface area contributed by atoms with Crippen molar-refractivity contribution in [3.63, 3.8) is 0 Å². The molecule has 0 aliphatic heterocycles. The minimum absolute atomic E-state index is 0.822. The molecule has 0 unspecified atom stereocenters. The third-order valence-electron chi connectivity index (χ3n) is 3.43. The SMILES string of the molecule is Nc1ccccc1.c1ccc(-n2ccc3ccccc32)cc1. The number of hydrogen-bond acceptors (Lipinski definition) is 1. The number of nitrogens with two attached hydrogens (primary N) is 1. The lowest BCUT2D eigenvalue weighted by molar-refractivity contribution is 1.13. The first kappa shape index (κ1) is 14.0. The van der Waals surface area contributed by atoms with Crippen LogP contribution < -0.4 is 5.73 Å². The maximum atomic E-state index is 5.36. The summed E-state index contributed by atoms with van der Waals surface area (Å²) >= 11 is 0. The highest BCUT2D eigenvalue weighted by Crippen LogP contribution is 2.19. The minimum Gasteiger partial charge on any atom is -0.399 e. The molecule has 0 saturated carbocycles. The first-order chi connectivity index (χ1) is 10.8. The number of nitrogen functional groups attached to an aromatic ring is 1. The molecule has 0 aliphatic rings. The summed E-state index contributed by atoms with van der Waals surface area (Å²) in [5.74, 6) is 0. The molecule has 2 N–H and O–H groups in total. The van der Waals surface area contributed by atoms with Crippen molar-refractivity contribution in [3.8, 4) is 5.69 Å². The van der Waals surface area contributed by atoms with E-state index in [0.717, 1.165) is 5.69 Å². The average Bonchev–Trinajstić information content (AvgIpc) is 3.01. The molecule has 0 amide bonds. The van der Waals surface area contributed by atoms with Crippen molar-refractivity contribution in [2.75, 3.05) is 5.73 Å². The Morgan fingerprint density at radius 2 is 1.18 bits per heavy atom. The highest BCUT2D eigenvalue weighted by Gasteiger charge is 2.00. The Bertz CT molecular complexity index is 833. The second kappa shape index (κ2) is 6.64. The summed E-state index contributed by atoms with van der Waals surface area (Å²) in [6.45, 7) is 0. The number of rotatable bonds is 1. The molecule has 4 aromatic rings. The molecule has 108 valence electrons. The Hall–Kier alpha value is -3.00. The van der Waals surface area contributed by atoms with Crippen LogP contribution in [0.3, 0.4) is 0 Å². The molecule has 1 heterocycles. The van der Waals surface area contributed by atoms with E-state index < -0.39 is 0 Å². The maximum Gasteiger partial charge on any atom is 0.0528 e. The van der Waals surface area contributed by atoms with Crippen molar-refractivity contribution >= 4 is 16.6 Å². The van der Waals surface area contributed by atoms with E-state index in [1.54, 1.807) is 0 Å². The summed E-state index contributed by atoms with van der Waals surface area (Å²) < 4.78 is 2.20. The smallest absolute Gasteiger partial charge is 0.0528 e. The molecular formula is C20H18N2. The van der Waals surface area contributed by atoms with Gasteiger partial charge < -0.3 is 10.3 Å². The van der Waals surface area contributed by atoms with Crippen LogP contribution in [0.5, 0.6) is 0 Å². The van der Waals surface area contributed by atoms with Gasteiger partial charge in [-0.05, 0) is 41.8 Å². The Morgan fingerprint density at radius 1 is 0.591 bits per heavy atom. The van der Waals surface area contributed by atoms with Crippen molar-refractivity contribution in [2.24, 2.45) is 0 Å². The largest absolute Gasteiger partial charge is 0.399 e. The van der Waals surface area contributed by atoms with Crippen molar-refractivity contribution in [1.29, 1.82) is 0 Å². The van der Waals surface area contributed by atoms with Gasteiger partial charge in [-0.2, -0.15) is 0 Å². The van der Waals surface area contributed by atoms with Gasteiger partial charge >= 0.3 is 0 Å². The number of aromatic nitrogens is 1. The second-order valence-electron chi connectivity index (χ2n) is 4.99. The normalized spacial score (nSPS) is 10.0. The van der Waals surface area contributed by atoms with Gasteiger partial charge in [0.25, 0.3) is 0 Å². The van der Waals surface area contributed by atoms with E-state index >= 15 is 0 Å². The molecule has 3 aromatic carbocycles. The summed E-state index contributed by atoms with van der Waals surface area (Å²) in [5.41, 5.74) is 8.64. The molecule has 0 atom stereocenters. The van der Waals surface area contributed by atoms with E-state index in [2.05, 4.69) is 65.4 Å². The molecule has 0 fully saturated rings. The lowest BCUT2D eigenvalue weighted by Crippen LogP contribution is -1.89. The fourth-order valence-corrected chi connectivity index (χ4v) is 2.35. The van der Waals surface area contributed by atoms with Crippen LogP contribution in [0.4, 0.5) is 5.69 Å². The van der Waals surface area contributed by atoms with Crippen LogP contribution in [0.1, 0.15) is 0 Å². The summed E-state index contributed by atoms with van der Waals surface area (Å²) in [7, 11) is 0. The van der Waals surface area contributed by atoms with Crippen LogP contribution in [0.25, 0.3) is 16.6 Å². The van der Waals surface area contributed by atoms with Gasteiger partial charge in [0.05, 0.1) is 5.52 Å². The minimum atomic E-state index is 0.822. The molecule has 0 radical (unpaired) electrons. The highest BCUT2D eigenvalue weighted by molar-refractivity contribution is 5.81. The van der Waals surface area contributed by atoms with E-state index in [1.165, 1.54) is 16.6 Å². The zero-order valence-corrected chi connectivity index (χ0v) is 12.3. The number of anilines is 1. The standard InChI is InChI=1S/C14H11N.C6H7N/c1-2-7-13(8-3-1)15-11-10-12-6-4-5-9-14(12)15;7-6-4-2-1-3-5-6/h1-11H;1-5H,7H2. The number of fused-ring (bicyclic) bond motifs is 1. The molecule has 0 aliphatic carbocycles. The molecule has 2 nitrogen and oxygen atoms in total. The van der Waals surface area contributed by atoms with Crippen molar-refractivity contribution in [1.82, 2.24) is 4.57 Å². The van der Waals surface area contributed by atoms with Crippen LogP contribution in [-0.4, -0.2) is 4.57 Å². The highest BCUT2D eigenvalue weighted by atomic mass is 15.0. The number of benzene rings is 3. The van der Waals surface area contributed by atoms with E-state index in [0.29, 0.717) is 0 Å². The third kappa shape index (κ3) is 3.18. The van der Waals surface area contributed by atoms with Gasteiger partial charge in [-0.25, -0.2) is 0 Å². The first-order valence-electron chi connectivity index (χ1n) is 7.26. The van der Waals surface area contributed by atoms with Crippen LogP contribution in [-0.2, 0) is 0 Å². The van der Waals surface area contributed by atoms with E-state index in [1.807, 2.05) is 36.4 Å². The van der Waals surface area contributed by atoms with Crippen LogP contribution in [0.2, 0.25) is 0 Å². The molecule has 1 aromatic heterocycles. The van der Waals surface area contributed by atoms with Crippen molar-refractivity contribution < 1.29 is 0 Å². The van der Waals surface area contributed by atoms with Gasteiger partial charge in [-0.15, -0.1) is 0 Å². The number of nitrogens with zero attached hydrogens (tertiary/aromatic N) is 1. The molecule has 0 saturated heterocycles. The van der Waals surface area contributed by atoms with Crippen molar-refractivity contribution in [2.45, 2.75) is 0 Å². The maximum absolute atomic E-state index is 5.36. The van der Waals surface area contributed by atoms with E-state index in [-0.39, 0.29) is 0 Å². The third-order valence-corrected chi connectivity index (χ3v) is 3.43. The lowest BCUT2D eigenvalue weighted by atomic mass is 10.2. The van der Waals surface area contributed by atoms with Gasteiger partial charge in [0.2, 0.25) is 0 Å². The predicted molar refractivity (Wildman–Crippen MR) is 94.1 cm³/mol. The van der Waals surface area contributed by atoms with Crippen LogP contribution in [0, 0.1) is 0 Å². The Balaban J connectivity index is 0.000000174. The molecule has 4 rings (SSSR count). The molecule has 0 spiro atoms. The monoisotopic (exact) mass is 286 g/mol. The zero-order chi connectivity index (χ0) is 15.2. The number of para-hydroxylation sites is 3. The van der Waals surface area contributed by atoms with Gasteiger partial charge in [-0.3, -0.25) is 0 Å². The van der Waals surface area contributed by atoms with Gasteiger partial charge in [0.1, 0.15) is 0 Å². The fraction of sp³-hybridized carbons (Fsp3) is 0. The fourth-order valence-electron chi connectivity index (χ4n) is 2.35. The summed E-state index contributed by atoms with van der Waals surface area (Å²) in [5, 5.41) is 1.28. The Labute approximate surface area is 130 Å². The van der Waals surface area contributed by atoms with E-state index in [9.17, 15) is 0 Å². The van der Waals surface area contributed by atoms with Gasteiger partial charge in [-0.1, -0.05) is 54.6 Å². The molecule has 0 bridgehead atoms. The summed E-state index contributed by atoms with van der Waals surface area (Å²) in [6.07, 6.45) is 2.11. The Morgan fingerprint density at radius 3 is 1.82 bits per heavy atom. The van der Waals surface area contributed by atoms with Crippen LogP contribution >= 0.6 is 0 Å².